The zero-order valence-corrected chi connectivity index (χ0v) is 20.9. The lowest BCUT2D eigenvalue weighted by atomic mass is 10.1. The Kier molecular flexibility index (Phi) is 10.1. The summed E-state index contributed by atoms with van der Waals surface area (Å²) >= 11 is 0. The van der Waals surface area contributed by atoms with Crippen LogP contribution < -0.4 is 15.2 Å². The average Bonchev–Trinajstić information content (AvgIpc) is 3.26. The number of imidazole rings is 1. The number of aromatic nitrogens is 2. The number of H-pyrrole nitrogens is 1. The molecule has 2 aromatic carbocycles. The monoisotopic (exact) mass is 583 g/mol. The Morgan fingerprint density at radius 3 is 2.21 bits per heavy atom. The third-order valence-corrected chi connectivity index (χ3v) is 5.83. The first kappa shape index (κ1) is 31.5. The van der Waals surface area contributed by atoms with Crippen LogP contribution in [0.4, 0.5) is 32.0 Å². The van der Waals surface area contributed by atoms with Gasteiger partial charge in [0.2, 0.25) is 6.29 Å². The number of aromatic amines is 1. The van der Waals surface area contributed by atoms with Gasteiger partial charge in [0.1, 0.15) is 12.4 Å². The quantitative estimate of drug-likeness (QED) is 0.209. The first-order chi connectivity index (χ1) is 17.9. The zero-order valence-electron chi connectivity index (χ0n) is 20.1. The summed E-state index contributed by atoms with van der Waals surface area (Å²) < 4.78 is 99.2. The largest absolute Gasteiger partial charge is 0.465 e. The second-order valence-electron chi connectivity index (χ2n) is 7.84. The van der Waals surface area contributed by atoms with E-state index in [0.717, 1.165) is 12.1 Å². The van der Waals surface area contributed by atoms with Crippen LogP contribution in [0.5, 0.6) is 0 Å². The smallest absolute Gasteiger partial charge is 0.446 e. The molecule has 0 amide bonds. The van der Waals surface area contributed by atoms with Crippen molar-refractivity contribution in [3.63, 3.8) is 0 Å². The Morgan fingerprint density at radius 2 is 1.72 bits per heavy atom. The molecule has 0 aliphatic rings. The maximum atomic E-state index is 12.9. The van der Waals surface area contributed by atoms with Gasteiger partial charge < -0.3 is 15.5 Å². The van der Waals surface area contributed by atoms with E-state index in [0.29, 0.717) is 21.2 Å². The summed E-state index contributed by atoms with van der Waals surface area (Å²) in [6, 6.07) is 8.65. The van der Waals surface area contributed by atoms with Crippen LogP contribution in [-0.2, 0) is 37.1 Å². The molecule has 0 unspecified atom stereocenters. The van der Waals surface area contributed by atoms with Gasteiger partial charge in [0, 0.05) is 0 Å². The number of aldehydes is 1. The molecule has 0 spiro atoms. The fourth-order valence-corrected chi connectivity index (χ4v) is 3.88. The summed E-state index contributed by atoms with van der Waals surface area (Å²) in [7, 11) is -4.23. The number of carbonyl (C=O) groups is 2. The van der Waals surface area contributed by atoms with Gasteiger partial charge in [-0.1, -0.05) is 12.1 Å². The second-order valence-corrected chi connectivity index (χ2v) is 9.32. The van der Waals surface area contributed by atoms with Crippen molar-refractivity contribution < 1.29 is 49.1 Å². The van der Waals surface area contributed by atoms with Crippen LogP contribution in [0.3, 0.4) is 0 Å². The highest BCUT2D eigenvalue weighted by atomic mass is 32.2. The Balaban J connectivity index is 0.000000798. The van der Waals surface area contributed by atoms with E-state index in [1.54, 1.807) is 19.1 Å². The average molecular weight is 584 g/mol. The van der Waals surface area contributed by atoms with E-state index in [-0.39, 0.29) is 24.2 Å². The number of esters is 1. The van der Waals surface area contributed by atoms with Crippen LogP contribution in [0.2, 0.25) is 0 Å². The van der Waals surface area contributed by atoms with E-state index in [9.17, 15) is 39.6 Å². The highest BCUT2D eigenvalue weighted by Gasteiger charge is 2.31. The molecule has 1 aromatic heterocycles. The molecule has 1 heterocycles. The minimum Gasteiger partial charge on any atom is -0.465 e. The van der Waals surface area contributed by atoms with Gasteiger partial charge in [0.25, 0.3) is 10.2 Å². The number of nitrogens with zero attached hydrogens (tertiary/aromatic N) is 2. The number of benzene rings is 2. The second kappa shape index (κ2) is 12.4. The molecule has 3 aromatic rings. The molecular formula is C22H23F6N5O5S. The Hall–Kier alpha value is -3.70. The number of anilines is 1. The Labute approximate surface area is 218 Å². The van der Waals surface area contributed by atoms with Crippen molar-refractivity contribution in [2.75, 3.05) is 17.5 Å². The maximum Gasteiger partial charge on any atom is 0.446 e. The van der Waals surface area contributed by atoms with Crippen LogP contribution in [-0.4, -0.2) is 50.0 Å². The third kappa shape index (κ3) is 9.52. The highest BCUT2D eigenvalue weighted by Crippen LogP contribution is 2.31. The summed E-state index contributed by atoms with van der Waals surface area (Å²) in [6.07, 6.45) is -9.91. The lowest BCUT2D eigenvalue weighted by molar-refractivity contribution is -0.156. The number of rotatable bonds is 8. The van der Waals surface area contributed by atoms with Crippen LogP contribution in [0.1, 0.15) is 29.9 Å². The molecule has 0 radical (unpaired) electrons. The number of halogens is 6. The van der Waals surface area contributed by atoms with E-state index in [4.69, 9.17) is 20.4 Å². The normalized spacial score (nSPS) is 12.8. The van der Waals surface area contributed by atoms with E-state index < -0.39 is 53.0 Å². The van der Waals surface area contributed by atoms with Crippen molar-refractivity contribution in [1.82, 2.24) is 9.97 Å². The Morgan fingerprint density at radius 1 is 1.13 bits per heavy atom. The molecule has 0 bridgehead atoms. The van der Waals surface area contributed by atoms with Crippen molar-refractivity contribution in [3.05, 3.63) is 59.4 Å². The summed E-state index contributed by atoms with van der Waals surface area (Å²) in [6.45, 7) is 1.10. The number of alkyl halides is 6. The first-order valence-corrected chi connectivity index (χ1v) is 12.4. The van der Waals surface area contributed by atoms with Crippen LogP contribution in [0.25, 0.3) is 11.0 Å². The molecule has 0 saturated carbocycles. The number of fused-ring (bicyclic) bond motifs is 1. The van der Waals surface area contributed by atoms with Gasteiger partial charge in [-0.2, -0.15) is 34.8 Å². The summed E-state index contributed by atoms with van der Waals surface area (Å²) in [4.78, 5) is 27.5. The number of nitrogens with two attached hydrogens (primary N) is 2. The SMILES string of the molecule is CCOC(=O)CN(c1ccc(C[C@H](N)c2nc3ccc(C(F)(F)F)cc3[nH]2)cc1)S(N)(=O)=O.O=CC(F)(F)F. The van der Waals surface area contributed by atoms with E-state index in [1.165, 1.54) is 18.2 Å². The molecule has 0 aliphatic heterocycles. The van der Waals surface area contributed by atoms with Gasteiger partial charge in [-0.3, -0.25) is 9.59 Å². The van der Waals surface area contributed by atoms with Gasteiger partial charge in [-0.05, 0) is 49.2 Å². The van der Waals surface area contributed by atoms with Gasteiger partial charge >= 0.3 is 18.3 Å². The number of hydrogen-bond acceptors (Lipinski definition) is 7. The van der Waals surface area contributed by atoms with Crippen molar-refractivity contribution in [3.8, 4) is 0 Å². The summed E-state index contributed by atoms with van der Waals surface area (Å²) in [5.74, 6) is -0.446. The molecule has 3 rings (SSSR count). The topological polar surface area (TPSA) is 161 Å². The minimum absolute atomic E-state index is 0.0907. The molecule has 0 fully saturated rings. The summed E-state index contributed by atoms with van der Waals surface area (Å²) in [5, 5.41) is 5.21. The molecule has 39 heavy (non-hydrogen) atoms. The van der Waals surface area contributed by atoms with Crippen molar-refractivity contribution in [2.24, 2.45) is 10.9 Å². The predicted molar refractivity (Wildman–Crippen MR) is 127 cm³/mol. The van der Waals surface area contributed by atoms with Gasteiger partial charge in [0.05, 0.1) is 34.9 Å². The molecule has 1 atom stereocenters. The fraction of sp³-hybridized carbons (Fsp3) is 0.318. The van der Waals surface area contributed by atoms with E-state index in [1.807, 2.05) is 0 Å². The standard InChI is InChI=1S/C20H22F3N5O4S.C2HF3O/c1-2-32-18(29)11-28(33(25,30)31)14-6-3-12(4-7-14)9-15(24)19-26-16-8-5-13(20(21,22)23)10-17(16)27-19;3-2(4,5)1-6/h3-8,10,15H,2,9,11,24H2,1H3,(H,26,27)(H2,25,30,31);1H/t15-;/m0./s1. The Bertz CT molecular complexity index is 1390. The van der Waals surface area contributed by atoms with Crippen LogP contribution in [0.15, 0.2) is 42.5 Å². The summed E-state index contributed by atoms with van der Waals surface area (Å²) in [5.41, 5.74) is 6.81. The maximum absolute atomic E-state index is 12.9. The molecule has 10 nitrogen and oxygen atoms in total. The number of ether oxygens (including phenoxy) is 1. The van der Waals surface area contributed by atoms with Gasteiger partial charge in [0.15, 0.2) is 0 Å². The zero-order chi connectivity index (χ0) is 29.6. The third-order valence-electron chi connectivity index (χ3n) is 4.88. The van der Waals surface area contributed by atoms with Crippen LogP contribution in [0, 0.1) is 0 Å². The molecule has 17 heteroatoms. The lowest BCUT2D eigenvalue weighted by Gasteiger charge is -2.21. The minimum atomic E-state index is -4.64. The molecular weight excluding hydrogens is 560 g/mol. The number of nitrogens with one attached hydrogen (secondary N) is 1. The molecule has 0 saturated heterocycles. The highest BCUT2D eigenvalue weighted by molar-refractivity contribution is 7.90. The lowest BCUT2D eigenvalue weighted by Crippen LogP contribution is -2.40. The van der Waals surface area contributed by atoms with Crippen molar-refractivity contribution >= 4 is 39.2 Å². The van der Waals surface area contributed by atoms with Gasteiger partial charge in [-0.15, -0.1) is 0 Å². The molecule has 214 valence electrons. The number of hydrogen-bond donors (Lipinski definition) is 3. The molecule has 5 N–H and O–H groups in total. The fourth-order valence-electron chi connectivity index (χ4n) is 3.18. The van der Waals surface area contributed by atoms with Crippen molar-refractivity contribution in [2.45, 2.75) is 31.7 Å². The first-order valence-electron chi connectivity index (χ1n) is 10.8. The van der Waals surface area contributed by atoms with Gasteiger partial charge in [-0.25, -0.2) is 14.4 Å². The van der Waals surface area contributed by atoms with E-state index >= 15 is 0 Å². The van der Waals surface area contributed by atoms with E-state index in [2.05, 4.69) is 9.97 Å². The molecule has 0 aliphatic carbocycles. The van der Waals surface area contributed by atoms with Crippen LogP contribution >= 0.6 is 0 Å². The number of carbonyl (C=O) groups excluding carboxylic acids is 2. The predicted octanol–water partition coefficient (Wildman–Crippen LogP) is 3.14. The van der Waals surface area contributed by atoms with Crippen molar-refractivity contribution in [1.29, 1.82) is 0 Å².